The molecule has 0 aliphatic carbocycles. The van der Waals surface area contributed by atoms with Gasteiger partial charge in [0.1, 0.15) is 9.90 Å². The molecule has 2 aromatic rings. The first-order chi connectivity index (χ1) is 11.2. The fraction of sp³-hybridized carbons (Fsp3) is 0.500. The highest BCUT2D eigenvalue weighted by Gasteiger charge is 2.45. The number of alkyl halides is 3. The van der Waals surface area contributed by atoms with Crippen molar-refractivity contribution in [2.24, 2.45) is 7.05 Å². The minimum atomic E-state index is -4.81. The second-order valence-corrected chi connectivity index (χ2v) is 8.99. The minimum Gasteiger partial charge on any atom is -0.262 e. The van der Waals surface area contributed by atoms with E-state index < -0.39 is 32.8 Å². The zero-order chi connectivity index (χ0) is 17.5. The van der Waals surface area contributed by atoms with Gasteiger partial charge in [-0.15, -0.1) is 11.3 Å². The summed E-state index contributed by atoms with van der Waals surface area (Å²) in [6.07, 6.45) is -2.50. The van der Waals surface area contributed by atoms with Crippen LogP contribution < -0.4 is 0 Å². The molecule has 1 aliphatic heterocycles. The molecule has 0 amide bonds. The highest BCUT2D eigenvalue weighted by molar-refractivity contribution is 7.99. The Hall–Kier alpha value is -1.11. The molecule has 1 saturated heterocycles. The molecule has 0 bridgehead atoms. The second-order valence-electron chi connectivity index (χ2n) is 5.06. The molecule has 1 atom stereocenters. The number of hydrogen-bond donors (Lipinski definition) is 0. The van der Waals surface area contributed by atoms with E-state index in [9.17, 15) is 21.6 Å². The summed E-state index contributed by atoms with van der Waals surface area (Å²) in [7, 11) is -3.27. The predicted octanol–water partition coefficient (Wildman–Crippen LogP) is 2.37. The van der Waals surface area contributed by atoms with E-state index in [4.69, 9.17) is 0 Å². The summed E-state index contributed by atoms with van der Waals surface area (Å²) < 4.78 is 67.2. The molecule has 24 heavy (non-hydrogen) atoms. The van der Waals surface area contributed by atoms with Gasteiger partial charge in [-0.3, -0.25) is 4.68 Å². The molecule has 0 aromatic carbocycles. The van der Waals surface area contributed by atoms with E-state index >= 15 is 0 Å². The maximum Gasteiger partial charge on any atom is 0.434 e. The molecule has 132 valence electrons. The average Bonchev–Trinajstić information content (AvgIpc) is 3.15. The number of thioether (sulfide) groups is 1. The summed E-state index contributed by atoms with van der Waals surface area (Å²) in [6, 6.07) is -0.574. The van der Waals surface area contributed by atoms with Crippen LogP contribution in [0, 0.1) is 0 Å². The summed E-state index contributed by atoms with van der Waals surface area (Å²) in [5.41, 5.74) is -1.27. The number of sulfonamides is 1. The molecule has 1 fully saturated rings. The number of halogens is 3. The van der Waals surface area contributed by atoms with Gasteiger partial charge in [0, 0.05) is 36.7 Å². The Morgan fingerprint density at radius 2 is 2.12 bits per heavy atom. The largest absolute Gasteiger partial charge is 0.434 e. The van der Waals surface area contributed by atoms with E-state index in [0.29, 0.717) is 21.2 Å². The first-order valence-corrected chi connectivity index (χ1v) is 10.3. The average molecular weight is 398 g/mol. The Morgan fingerprint density at radius 3 is 2.75 bits per heavy atom. The molecule has 3 rings (SSSR count). The molecule has 0 N–H and O–H groups in total. The zero-order valence-corrected chi connectivity index (χ0v) is 14.8. The van der Waals surface area contributed by atoms with Gasteiger partial charge in [-0.05, 0) is 0 Å². The molecule has 1 unspecified atom stereocenters. The first-order valence-electron chi connectivity index (χ1n) is 6.81. The molecule has 12 heteroatoms. The smallest absolute Gasteiger partial charge is 0.262 e. The van der Waals surface area contributed by atoms with Crippen molar-refractivity contribution in [3.05, 3.63) is 28.5 Å². The molecule has 6 nitrogen and oxygen atoms in total. The molecule has 0 radical (unpaired) electrons. The van der Waals surface area contributed by atoms with Crippen molar-refractivity contribution >= 4 is 33.1 Å². The van der Waals surface area contributed by atoms with Gasteiger partial charge in [-0.2, -0.15) is 34.3 Å². The van der Waals surface area contributed by atoms with E-state index in [-0.39, 0.29) is 6.54 Å². The monoisotopic (exact) mass is 398 g/mol. The van der Waals surface area contributed by atoms with Crippen LogP contribution in [-0.4, -0.2) is 45.5 Å². The van der Waals surface area contributed by atoms with Gasteiger partial charge in [0.25, 0.3) is 0 Å². The van der Waals surface area contributed by atoms with Crippen molar-refractivity contribution < 1.29 is 21.6 Å². The second kappa shape index (κ2) is 6.32. The lowest BCUT2D eigenvalue weighted by molar-refractivity contribution is -0.146. The fourth-order valence-electron chi connectivity index (χ4n) is 2.53. The number of rotatable bonds is 3. The van der Waals surface area contributed by atoms with E-state index in [1.807, 2.05) is 0 Å². The van der Waals surface area contributed by atoms with Gasteiger partial charge in [-0.25, -0.2) is 13.4 Å². The molecule has 2 aromatic heterocycles. The minimum absolute atomic E-state index is 0.128. The number of aryl methyl sites for hydroxylation is 1. The zero-order valence-electron chi connectivity index (χ0n) is 12.4. The van der Waals surface area contributed by atoms with Crippen LogP contribution >= 0.6 is 23.1 Å². The number of nitrogens with zero attached hydrogens (tertiary/aromatic N) is 4. The van der Waals surface area contributed by atoms with Crippen LogP contribution in [0.2, 0.25) is 0 Å². The summed E-state index contributed by atoms with van der Waals surface area (Å²) >= 11 is 2.83. The van der Waals surface area contributed by atoms with E-state index in [1.165, 1.54) is 11.3 Å². The first kappa shape index (κ1) is 17.7. The van der Waals surface area contributed by atoms with Crippen molar-refractivity contribution in [2.45, 2.75) is 17.1 Å². The van der Waals surface area contributed by atoms with Crippen molar-refractivity contribution in [3.63, 3.8) is 0 Å². The van der Waals surface area contributed by atoms with Gasteiger partial charge in [0.2, 0.25) is 10.0 Å². The summed E-state index contributed by atoms with van der Waals surface area (Å²) in [4.78, 5) is 3.32. The standard InChI is InChI=1S/C12H13F3N4O2S3/c1-18-10(12(13,14)15)9(6-17-18)24(20,21)19-3-5-22-7-8(19)11-16-2-4-23-11/h2,4,6,8H,3,5,7H2,1H3. The summed E-state index contributed by atoms with van der Waals surface area (Å²) in [5.74, 6) is 0.969. The maximum atomic E-state index is 13.3. The van der Waals surface area contributed by atoms with Crippen LogP contribution in [-0.2, 0) is 23.2 Å². The Bertz CT molecular complexity index is 817. The lowest BCUT2D eigenvalue weighted by atomic mass is 10.3. The summed E-state index contributed by atoms with van der Waals surface area (Å²) in [5, 5.41) is 5.79. The van der Waals surface area contributed by atoms with Crippen LogP contribution in [0.5, 0.6) is 0 Å². The topological polar surface area (TPSA) is 68.1 Å². The number of aromatic nitrogens is 3. The van der Waals surface area contributed by atoms with E-state index in [1.54, 1.807) is 23.3 Å². The van der Waals surface area contributed by atoms with Crippen LogP contribution in [0.1, 0.15) is 16.7 Å². The number of hydrogen-bond acceptors (Lipinski definition) is 6. The third kappa shape index (κ3) is 3.07. The SMILES string of the molecule is Cn1ncc(S(=O)(=O)N2CCSCC2c2nccs2)c1C(F)(F)F. The Kier molecular flexibility index (Phi) is 4.66. The lowest BCUT2D eigenvalue weighted by Gasteiger charge is -2.33. The lowest BCUT2D eigenvalue weighted by Crippen LogP contribution is -2.41. The predicted molar refractivity (Wildman–Crippen MR) is 84.3 cm³/mol. The Balaban J connectivity index is 2.07. The van der Waals surface area contributed by atoms with Gasteiger partial charge in [-0.1, -0.05) is 0 Å². The Labute approximate surface area is 144 Å². The van der Waals surface area contributed by atoms with Gasteiger partial charge in [0.15, 0.2) is 5.69 Å². The van der Waals surface area contributed by atoms with Crippen molar-refractivity contribution in [1.82, 2.24) is 19.1 Å². The van der Waals surface area contributed by atoms with Gasteiger partial charge in [0.05, 0.1) is 12.2 Å². The fourth-order valence-corrected chi connectivity index (χ4v) is 6.48. The molecular formula is C12H13F3N4O2S3. The summed E-state index contributed by atoms with van der Waals surface area (Å²) in [6.45, 7) is 0.128. The third-order valence-corrected chi connectivity index (χ3v) is 7.38. The van der Waals surface area contributed by atoms with Crippen LogP contribution in [0.4, 0.5) is 13.2 Å². The van der Waals surface area contributed by atoms with Crippen LogP contribution in [0.25, 0.3) is 0 Å². The highest BCUT2D eigenvalue weighted by atomic mass is 32.2. The van der Waals surface area contributed by atoms with Crippen molar-refractivity contribution in [3.8, 4) is 0 Å². The quantitative estimate of drug-likeness (QED) is 0.794. The van der Waals surface area contributed by atoms with Crippen LogP contribution in [0.3, 0.4) is 0 Å². The Morgan fingerprint density at radius 1 is 1.38 bits per heavy atom. The van der Waals surface area contributed by atoms with E-state index in [0.717, 1.165) is 17.5 Å². The van der Waals surface area contributed by atoms with Crippen LogP contribution in [0.15, 0.2) is 22.7 Å². The third-order valence-electron chi connectivity index (χ3n) is 3.58. The van der Waals surface area contributed by atoms with Gasteiger partial charge < -0.3 is 0 Å². The normalized spacial score (nSPS) is 20.4. The van der Waals surface area contributed by atoms with Crippen molar-refractivity contribution in [1.29, 1.82) is 0 Å². The molecule has 1 aliphatic rings. The molecule has 0 spiro atoms. The molecular weight excluding hydrogens is 385 g/mol. The number of thiazole rings is 1. The maximum absolute atomic E-state index is 13.3. The van der Waals surface area contributed by atoms with E-state index in [2.05, 4.69) is 10.1 Å². The highest BCUT2D eigenvalue weighted by Crippen LogP contribution is 2.39. The van der Waals surface area contributed by atoms with Crippen molar-refractivity contribution in [2.75, 3.05) is 18.1 Å². The molecule has 0 saturated carbocycles. The molecule has 3 heterocycles. The van der Waals surface area contributed by atoms with Gasteiger partial charge >= 0.3 is 6.18 Å².